The van der Waals surface area contributed by atoms with E-state index in [2.05, 4.69) is 0 Å². The van der Waals surface area contributed by atoms with Crippen LogP contribution in [0.15, 0.2) is 12.1 Å². The summed E-state index contributed by atoms with van der Waals surface area (Å²) in [5, 5.41) is 0. The van der Waals surface area contributed by atoms with Gasteiger partial charge in [0, 0.05) is 12.1 Å². The standard InChI is InChI=1S/C10H8F2O2/c1-2-7-10(13)9-6(12)3-5(11)4-8(9)14-7/h3-4,7H,2H2,1H3. The van der Waals surface area contributed by atoms with Crippen molar-refractivity contribution in [2.24, 2.45) is 0 Å². The molecule has 1 aromatic carbocycles. The van der Waals surface area contributed by atoms with Gasteiger partial charge in [0.2, 0.25) is 5.78 Å². The predicted molar refractivity (Wildman–Crippen MR) is 45.4 cm³/mol. The van der Waals surface area contributed by atoms with Crippen LogP contribution in [-0.4, -0.2) is 11.9 Å². The number of Topliss-reactive ketones (excluding diaryl/α,β-unsaturated/α-hetero) is 1. The number of carbonyl (C=O) groups excluding carboxylic acids is 1. The van der Waals surface area contributed by atoms with Crippen LogP contribution in [0.3, 0.4) is 0 Å². The molecule has 1 atom stereocenters. The van der Waals surface area contributed by atoms with E-state index in [9.17, 15) is 13.6 Å². The molecule has 0 bridgehead atoms. The summed E-state index contributed by atoms with van der Waals surface area (Å²) in [6.07, 6.45) is -0.213. The fraction of sp³-hybridized carbons (Fsp3) is 0.300. The molecule has 0 saturated heterocycles. The van der Waals surface area contributed by atoms with Crippen LogP contribution in [0.5, 0.6) is 5.75 Å². The van der Waals surface area contributed by atoms with Gasteiger partial charge in [-0.05, 0) is 6.42 Å². The molecular formula is C10H8F2O2. The summed E-state index contributed by atoms with van der Waals surface area (Å²) in [4.78, 5) is 11.5. The molecule has 14 heavy (non-hydrogen) atoms. The molecule has 4 heteroatoms. The Morgan fingerprint density at radius 3 is 2.79 bits per heavy atom. The Bertz CT molecular complexity index is 401. The lowest BCUT2D eigenvalue weighted by atomic mass is 10.1. The van der Waals surface area contributed by atoms with Crippen molar-refractivity contribution in [3.8, 4) is 5.75 Å². The molecule has 0 fully saturated rings. The molecule has 1 aliphatic rings. The number of carbonyl (C=O) groups is 1. The summed E-state index contributed by atoms with van der Waals surface area (Å²) >= 11 is 0. The third-order valence-electron chi connectivity index (χ3n) is 2.20. The van der Waals surface area contributed by atoms with E-state index in [0.717, 1.165) is 6.07 Å². The van der Waals surface area contributed by atoms with Crippen molar-refractivity contribution in [3.05, 3.63) is 29.3 Å². The lowest BCUT2D eigenvalue weighted by Gasteiger charge is -2.03. The van der Waals surface area contributed by atoms with Gasteiger partial charge in [-0.25, -0.2) is 8.78 Å². The maximum Gasteiger partial charge on any atom is 0.209 e. The second-order valence-corrected chi connectivity index (χ2v) is 3.14. The van der Waals surface area contributed by atoms with Gasteiger partial charge in [0.05, 0.1) is 5.56 Å². The molecule has 74 valence electrons. The molecule has 0 aromatic heterocycles. The van der Waals surface area contributed by atoms with Gasteiger partial charge in [0.1, 0.15) is 17.4 Å². The molecule has 0 amide bonds. The zero-order valence-electron chi connectivity index (χ0n) is 7.51. The molecule has 0 radical (unpaired) electrons. The smallest absolute Gasteiger partial charge is 0.209 e. The van der Waals surface area contributed by atoms with E-state index in [1.165, 1.54) is 0 Å². The van der Waals surface area contributed by atoms with Crippen LogP contribution in [0.25, 0.3) is 0 Å². The second-order valence-electron chi connectivity index (χ2n) is 3.14. The summed E-state index contributed by atoms with van der Waals surface area (Å²) in [6.45, 7) is 1.75. The highest BCUT2D eigenvalue weighted by molar-refractivity contribution is 6.04. The number of fused-ring (bicyclic) bond motifs is 1. The maximum atomic E-state index is 13.2. The number of ether oxygens (including phenoxy) is 1. The zero-order valence-corrected chi connectivity index (χ0v) is 7.51. The third kappa shape index (κ3) is 1.18. The quantitative estimate of drug-likeness (QED) is 0.692. The van der Waals surface area contributed by atoms with E-state index in [-0.39, 0.29) is 11.3 Å². The SMILES string of the molecule is CCC1Oc2cc(F)cc(F)c2C1=O. The first-order valence-electron chi connectivity index (χ1n) is 4.33. The van der Waals surface area contributed by atoms with Gasteiger partial charge in [0.15, 0.2) is 6.10 Å². The highest BCUT2D eigenvalue weighted by Crippen LogP contribution is 2.32. The van der Waals surface area contributed by atoms with Crippen molar-refractivity contribution < 1.29 is 18.3 Å². The molecule has 1 unspecified atom stereocenters. The molecule has 0 aliphatic carbocycles. The normalized spacial score (nSPS) is 19.4. The Kier molecular flexibility index (Phi) is 1.98. The van der Waals surface area contributed by atoms with Gasteiger partial charge < -0.3 is 4.74 Å². The lowest BCUT2D eigenvalue weighted by molar-refractivity contribution is 0.0851. The third-order valence-corrected chi connectivity index (χ3v) is 2.20. The fourth-order valence-corrected chi connectivity index (χ4v) is 1.52. The molecule has 0 spiro atoms. The molecule has 1 heterocycles. The van der Waals surface area contributed by atoms with E-state index in [1.54, 1.807) is 6.92 Å². The van der Waals surface area contributed by atoms with Gasteiger partial charge in [-0.15, -0.1) is 0 Å². The maximum absolute atomic E-state index is 13.2. The summed E-state index contributed by atoms with van der Waals surface area (Å²) in [5.41, 5.74) is -0.127. The molecule has 0 N–H and O–H groups in total. The Morgan fingerprint density at radius 2 is 2.14 bits per heavy atom. The van der Waals surface area contributed by atoms with Crippen LogP contribution in [0.4, 0.5) is 8.78 Å². The lowest BCUT2D eigenvalue weighted by Crippen LogP contribution is -2.19. The van der Waals surface area contributed by atoms with E-state index >= 15 is 0 Å². The van der Waals surface area contributed by atoms with Crippen molar-refractivity contribution >= 4 is 5.78 Å². The van der Waals surface area contributed by atoms with Gasteiger partial charge in [-0.1, -0.05) is 6.92 Å². The Hall–Kier alpha value is -1.45. The first kappa shape index (κ1) is 9.12. The number of halogens is 2. The number of benzene rings is 1. The zero-order chi connectivity index (χ0) is 10.3. The topological polar surface area (TPSA) is 26.3 Å². The number of rotatable bonds is 1. The van der Waals surface area contributed by atoms with E-state index in [1.807, 2.05) is 0 Å². The molecule has 1 aliphatic heterocycles. The summed E-state index contributed by atoms with van der Waals surface area (Å²) in [6, 6.07) is 1.73. The highest BCUT2D eigenvalue weighted by atomic mass is 19.1. The second kappa shape index (κ2) is 3.04. The van der Waals surface area contributed by atoms with Gasteiger partial charge >= 0.3 is 0 Å². The van der Waals surface area contributed by atoms with Gasteiger partial charge in [-0.2, -0.15) is 0 Å². The minimum Gasteiger partial charge on any atom is -0.481 e. The molecule has 2 rings (SSSR count). The number of hydrogen-bond donors (Lipinski definition) is 0. The Morgan fingerprint density at radius 1 is 1.43 bits per heavy atom. The summed E-state index contributed by atoms with van der Waals surface area (Å²) in [7, 11) is 0. The van der Waals surface area contributed by atoms with E-state index < -0.39 is 23.5 Å². The van der Waals surface area contributed by atoms with E-state index in [4.69, 9.17) is 4.74 Å². The van der Waals surface area contributed by atoms with Crippen molar-refractivity contribution in [1.29, 1.82) is 0 Å². The minimum absolute atomic E-state index is 0.0133. The number of ketones is 1. The first-order valence-corrected chi connectivity index (χ1v) is 4.33. The number of hydrogen-bond acceptors (Lipinski definition) is 2. The van der Waals surface area contributed by atoms with Crippen molar-refractivity contribution in [2.75, 3.05) is 0 Å². The summed E-state index contributed by atoms with van der Waals surface area (Å²) in [5.74, 6) is -1.97. The van der Waals surface area contributed by atoms with Crippen molar-refractivity contribution in [3.63, 3.8) is 0 Å². The van der Waals surface area contributed by atoms with Crippen molar-refractivity contribution in [2.45, 2.75) is 19.4 Å². The highest BCUT2D eigenvalue weighted by Gasteiger charge is 2.34. The van der Waals surface area contributed by atoms with Crippen LogP contribution in [0.2, 0.25) is 0 Å². The van der Waals surface area contributed by atoms with Crippen LogP contribution >= 0.6 is 0 Å². The molecule has 0 saturated carbocycles. The minimum atomic E-state index is -0.846. The first-order chi connectivity index (χ1) is 6.63. The molecule has 1 aromatic rings. The van der Waals surface area contributed by atoms with Crippen LogP contribution in [0, 0.1) is 11.6 Å². The molecule has 2 nitrogen and oxygen atoms in total. The Labute approximate surface area is 79.5 Å². The van der Waals surface area contributed by atoms with Gasteiger partial charge in [0.25, 0.3) is 0 Å². The van der Waals surface area contributed by atoms with Crippen LogP contribution < -0.4 is 4.74 Å². The fourth-order valence-electron chi connectivity index (χ4n) is 1.52. The van der Waals surface area contributed by atoms with E-state index in [0.29, 0.717) is 12.5 Å². The summed E-state index contributed by atoms with van der Waals surface area (Å²) < 4.78 is 31.0. The largest absolute Gasteiger partial charge is 0.481 e. The predicted octanol–water partition coefficient (Wildman–Crippen LogP) is 2.32. The van der Waals surface area contributed by atoms with Crippen LogP contribution in [-0.2, 0) is 0 Å². The monoisotopic (exact) mass is 198 g/mol. The average molecular weight is 198 g/mol. The van der Waals surface area contributed by atoms with Crippen LogP contribution in [0.1, 0.15) is 23.7 Å². The van der Waals surface area contributed by atoms with Crippen molar-refractivity contribution in [1.82, 2.24) is 0 Å². The van der Waals surface area contributed by atoms with Gasteiger partial charge in [-0.3, -0.25) is 4.79 Å². The Balaban J connectivity index is 2.54. The average Bonchev–Trinajstić information content (AvgIpc) is 2.42. The molecular weight excluding hydrogens is 190 g/mol.